The number of aliphatic carboxylic acids is 1. The third-order valence-corrected chi connectivity index (χ3v) is 6.15. The Balaban J connectivity index is 1.97. The molecule has 2 N–H and O–H groups in total. The smallest absolute Gasteiger partial charge is 0.352 e. The minimum absolute atomic E-state index is 0.0296. The van der Waals surface area contributed by atoms with Gasteiger partial charge in [0.2, 0.25) is 5.91 Å². The van der Waals surface area contributed by atoms with Gasteiger partial charge in [0.15, 0.2) is 0 Å². The van der Waals surface area contributed by atoms with Gasteiger partial charge in [-0.1, -0.05) is 12.2 Å². The zero-order valence-corrected chi connectivity index (χ0v) is 15.1. The number of nitrogens with zero attached hydrogens (tertiary/aromatic N) is 2. The van der Waals surface area contributed by atoms with Crippen LogP contribution < -0.4 is 0 Å². The molecule has 1 fully saturated rings. The second-order valence-electron chi connectivity index (χ2n) is 6.28. The van der Waals surface area contributed by atoms with E-state index in [2.05, 4.69) is 0 Å². The summed E-state index contributed by atoms with van der Waals surface area (Å²) >= 11 is 6.80. The van der Waals surface area contributed by atoms with Gasteiger partial charge in [-0.2, -0.15) is 0 Å². The van der Waals surface area contributed by atoms with Crippen molar-refractivity contribution in [1.29, 1.82) is 0 Å². The number of hydrogen-bond acceptors (Lipinski definition) is 5. The lowest BCUT2D eigenvalue weighted by molar-refractivity contribution is -0.161. The van der Waals surface area contributed by atoms with E-state index in [1.165, 1.54) is 16.2 Å². The number of aliphatic hydroxyl groups is 1. The molecular formula is C16H18N2O4S2. The lowest BCUT2D eigenvalue weighted by Gasteiger charge is -2.44. The van der Waals surface area contributed by atoms with Crippen LogP contribution >= 0.6 is 23.6 Å². The number of β-lactam (4-membered cyclic amide) rings is 1. The first-order valence-corrected chi connectivity index (χ1v) is 8.81. The van der Waals surface area contributed by atoms with Crippen molar-refractivity contribution in [2.45, 2.75) is 25.5 Å². The van der Waals surface area contributed by atoms with E-state index in [1.54, 1.807) is 6.92 Å². The van der Waals surface area contributed by atoms with Crippen LogP contribution in [0.3, 0.4) is 0 Å². The Hall–Kier alpha value is -1.77. The van der Waals surface area contributed by atoms with E-state index in [9.17, 15) is 19.8 Å². The SMILES string of the molecule is C[C@@H](O)[C@H]1C(=O)N2C(C(=O)O)=C(c3csc(C(=S)N(C)C)c3)C[C@H]12. The Labute approximate surface area is 149 Å². The highest BCUT2D eigenvalue weighted by molar-refractivity contribution is 7.81. The first kappa shape index (κ1) is 17.1. The molecule has 0 unspecified atom stereocenters. The molecule has 0 aromatic carbocycles. The normalized spacial score (nSPS) is 23.8. The maximum Gasteiger partial charge on any atom is 0.352 e. The molecule has 3 atom stereocenters. The lowest BCUT2D eigenvalue weighted by atomic mass is 9.82. The van der Waals surface area contributed by atoms with Crippen LogP contribution in [0, 0.1) is 5.92 Å². The Bertz CT molecular complexity index is 766. The molecule has 3 rings (SSSR count). The van der Waals surface area contributed by atoms with Crippen molar-refractivity contribution >= 4 is 46.0 Å². The number of rotatable bonds is 4. The number of fused-ring (bicyclic) bond motifs is 1. The molecule has 0 spiro atoms. The average molecular weight is 366 g/mol. The van der Waals surface area contributed by atoms with Gasteiger partial charge in [0.05, 0.1) is 22.9 Å². The monoisotopic (exact) mass is 366 g/mol. The van der Waals surface area contributed by atoms with Crippen molar-refractivity contribution in [3.05, 3.63) is 27.6 Å². The number of carboxylic acids is 1. The number of thiocarbonyl (C=S) groups is 1. The van der Waals surface area contributed by atoms with E-state index in [-0.39, 0.29) is 17.6 Å². The average Bonchev–Trinajstić information content (AvgIpc) is 3.07. The zero-order chi connectivity index (χ0) is 17.8. The number of carboxylic acid groups (broad SMARTS) is 1. The predicted octanol–water partition coefficient (Wildman–Crippen LogP) is 1.39. The molecule has 1 saturated heterocycles. The molecule has 1 amide bonds. The summed E-state index contributed by atoms with van der Waals surface area (Å²) < 4.78 is 0. The van der Waals surface area contributed by atoms with Crippen molar-refractivity contribution in [2.75, 3.05) is 14.1 Å². The molecule has 1 aromatic rings. The number of hydrogen-bond donors (Lipinski definition) is 2. The van der Waals surface area contributed by atoms with Crippen molar-refractivity contribution in [3.63, 3.8) is 0 Å². The summed E-state index contributed by atoms with van der Waals surface area (Å²) in [6.07, 6.45) is -0.346. The van der Waals surface area contributed by atoms with E-state index in [1.807, 2.05) is 30.4 Å². The first-order valence-electron chi connectivity index (χ1n) is 7.52. The number of carbonyl (C=O) groups excluding carboxylic acids is 1. The molecule has 0 aliphatic carbocycles. The van der Waals surface area contributed by atoms with Crippen LogP contribution in [0.4, 0.5) is 0 Å². The Morgan fingerprint density at radius 2 is 2.17 bits per heavy atom. The van der Waals surface area contributed by atoms with Gasteiger partial charge in [0, 0.05) is 14.1 Å². The minimum Gasteiger partial charge on any atom is -0.477 e. The van der Waals surface area contributed by atoms with Crippen LogP contribution in [-0.4, -0.2) is 63.1 Å². The van der Waals surface area contributed by atoms with Gasteiger partial charge < -0.3 is 20.0 Å². The Morgan fingerprint density at radius 3 is 2.71 bits per heavy atom. The molecule has 0 saturated carbocycles. The molecule has 1 aromatic heterocycles. The fraction of sp³-hybridized carbons (Fsp3) is 0.438. The van der Waals surface area contributed by atoms with Crippen molar-refractivity contribution in [3.8, 4) is 0 Å². The summed E-state index contributed by atoms with van der Waals surface area (Å²) in [7, 11) is 3.72. The van der Waals surface area contributed by atoms with Gasteiger partial charge in [-0.05, 0) is 35.9 Å². The number of aliphatic hydroxyl groups excluding tert-OH is 1. The molecule has 24 heavy (non-hydrogen) atoms. The summed E-state index contributed by atoms with van der Waals surface area (Å²) in [6, 6.07) is 1.60. The van der Waals surface area contributed by atoms with Gasteiger partial charge in [-0.3, -0.25) is 4.79 Å². The first-order chi connectivity index (χ1) is 11.2. The van der Waals surface area contributed by atoms with E-state index < -0.39 is 18.0 Å². The maximum atomic E-state index is 12.2. The van der Waals surface area contributed by atoms with Crippen molar-refractivity contribution < 1.29 is 19.8 Å². The maximum absolute atomic E-state index is 12.2. The standard InChI is InChI=1S/C16H18N2O4S2/c1-7(19)12-10-5-9(13(16(21)22)18(10)14(12)20)8-4-11(24-6-8)15(23)17(2)3/h4,6-7,10,12,19H,5H2,1-3H3,(H,21,22)/t7-,10-,12-/m1/s1. The Kier molecular flexibility index (Phi) is 4.23. The molecule has 8 heteroatoms. The van der Waals surface area contributed by atoms with Crippen LogP contribution in [0.1, 0.15) is 23.8 Å². The second kappa shape index (κ2) is 5.94. The van der Waals surface area contributed by atoms with Crippen LogP contribution in [0.15, 0.2) is 17.1 Å². The molecular weight excluding hydrogens is 348 g/mol. The number of thiophene rings is 1. The van der Waals surface area contributed by atoms with Crippen LogP contribution in [0.2, 0.25) is 0 Å². The molecule has 2 aliphatic heterocycles. The summed E-state index contributed by atoms with van der Waals surface area (Å²) in [5.41, 5.74) is 1.44. The molecule has 2 aliphatic rings. The van der Waals surface area contributed by atoms with Crippen LogP contribution in [0.25, 0.3) is 5.57 Å². The highest BCUT2D eigenvalue weighted by Crippen LogP contribution is 2.47. The van der Waals surface area contributed by atoms with Crippen molar-refractivity contribution in [2.24, 2.45) is 5.92 Å². The molecule has 3 heterocycles. The highest BCUT2D eigenvalue weighted by atomic mass is 32.1. The molecule has 0 bridgehead atoms. The molecule has 0 radical (unpaired) electrons. The highest BCUT2D eigenvalue weighted by Gasteiger charge is 2.56. The van der Waals surface area contributed by atoms with Gasteiger partial charge >= 0.3 is 5.97 Å². The molecule has 6 nitrogen and oxygen atoms in total. The molecule has 128 valence electrons. The van der Waals surface area contributed by atoms with Gasteiger partial charge in [0.1, 0.15) is 10.7 Å². The summed E-state index contributed by atoms with van der Waals surface area (Å²) in [6.45, 7) is 1.57. The number of carbonyl (C=O) groups is 2. The van der Waals surface area contributed by atoms with Crippen LogP contribution in [0.5, 0.6) is 0 Å². The van der Waals surface area contributed by atoms with Gasteiger partial charge in [-0.15, -0.1) is 11.3 Å². The summed E-state index contributed by atoms with van der Waals surface area (Å²) in [5, 5.41) is 21.2. The quantitative estimate of drug-likeness (QED) is 0.619. The van der Waals surface area contributed by atoms with E-state index >= 15 is 0 Å². The topological polar surface area (TPSA) is 81.1 Å². The third kappa shape index (κ3) is 2.45. The minimum atomic E-state index is -1.12. The van der Waals surface area contributed by atoms with E-state index in [0.717, 1.165) is 10.4 Å². The third-order valence-electron chi connectivity index (χ3n) is 4.50. The van der Waals surface area contributed by atoms with E-state index in [0.29, 0.717) is 17.0 Å². The zero-order valence-electron chi connectivity index (χ0n) is 13.5. The summed E-state index contributed by atoms with van der Waals surface area (Å²) in [5.74, 6) is -1.97. The lowest BCUT2D eigenvalue weighted by Crippen LogP contribution is -2.61. The summed E-state index contributed by atoms with van der Waals surface area (Å²) in [4.78, 5) is 28.6. The Morgan fingerprint density at radius 1 is 1.50 bits per heavy atom. The van der Waals surface area contributed by atoms with Crippen LogP contribution in [-0.2, 0) is 9.59 Å². The van der Waals surface area contributed by atoms with Crippen molar-refractivity contribution in [1.82, 2.24) is 9.80 Å². The van der Waals surface area contributed by atoms with Gasteiger partial charge in [-0.25, -0.2) is 4.79 Å². The van der Waals surface area contributed by atoms with E-state index in [4.69, 9.17) is 12.2 Å². The van der Waals surface area contributed by atoms with Gasteiger partial charge in [0.25, 0.3) is 0 Å². The second-order valence-corrected chi connectivity index (χ2v) is 7.58. The fourth-order valence-corrected chi connectivity index (χ4v) is 4.50. The number of amides is 1. The largest absolute Gasteiger partial charge is 0.477 e. The predicted molar refractivity (Wildman–Crippen MR) is 94.7 cm³/mol. The fourth-order valence-electron chi connectivity index (χ4n) is 3.35.